The zero-order valence-electron chi connectivity index (χ0n) is 13.8. The summed E-state index contributed by atoms with van der Waals surface area (Å²) >= 11 is 0. The molecule has 9 heteroatoms. The molecule has 1 fully saturated rings. The monoisotopic (exact) mass is 402 g/mol. The molecule has 4 nitrogen and oxygen atoms in total. The highest BCUT2D eigenvalue weighted by Gasteiger charge is 2.32. The number of nitrogens with zero attached hydrogens (tertiary/aromatic N) is 1. The van der Waals surface area contributed by atoms with Crippen molar-refractivity contribution in [1.82, 2.24) is 10.2 Å². The lowest BCUT2D eigenvalue weighted by Crippen LogP contribution is -2.45. The number of hydrogen-bond acceptors (Lipinski definition) is 4. The van der Waals surface area contributed by atoms with E-state index in [0.717, 1.165) is 37.8 Å². The van der Waals surface area contributed by atoms with Crippen LogP contribution >= 0.6 is 24.8 Å². The number of phenolic OH excluding ortho intramolecular Hbond substituents is 1. The Labute approximate surface area is 157 Å². The molecule has 25 heavy (non-hydrogen) atoms. The molecule has 0 bridgehead atoms. The summed E-state index contributed by atoms with van der Waals surface area (Å²) in [6.07, 6.45) is -4.20. The largest absolute Gasteiger partial charge is 0.573 e. The first kappa shape index (κ1) is 23.9. The van der Waals surface area contributed by atoms with Gasteiger partial charge in [0.05, 0.1) is 0 Å². The Morgan fingerprint density at radius 3 is 2.44 bits per heavy atom. The molecule has 0 radical (unpaired) electrons. The van der Waals surface area contributed by atoms with E-state index >= 15 is 0 Å². The first-order valence-corrected chi connectivity index (χ1v) is 7.44. The Bertz CT molecular complexity index is 565. The maximum atomic E-state index is 12.4. The van der Waals surface area contributed by atoms with Crippen LogP contribution in [0.1, 0.15) is 24.9 Å². The summed E-state index contributed by atoms with van der Waals surface area (Å²) in [5, 5.41) is 13.4. The summed E-state index contributed by atoms with van der Waals surface area (Å²) in [6.45, 7) is 8.85. The molecule has 1 aromatic rings. The average Bonchev–Trinajstić information content (AvgIpc) is 2.46. The molecule has 0 amide bonds. The normalized spacial score (nSPS) is 16.3. The molecular weight excluding hydrogens is 380 g/mol. The first-order valence-electron chi connectivity index (χ1n) is 7.44. The van der Waals surface area contributed by atoms with Gasteiger partial charge < -0.3 is 15.2 Å². The van der Waals surface area contributed by atoms with Gasteiger partial charge in [0.25, 0.3) is 0 Å². The van der Waals surface area contributed by atoms with Crippen LogP contribution in [0.25, 0.3) is 0 Å². The van der Waals surface area contributed by atoms with Gasteiger partial charge in [-0.1, -0.05) is 5.57 Å². The molecule has 1 aromatic carbocycles. The van der Waals surface area contributed by atoms with Gasteiger partial charge >= 0.3 is 6.36 Å². The maximum Gasteiger partial charge on any atom is 0.573 e. The number of rotatable bonds is 5. The molecule has 1 saturated heterocycles. The van der Waals surface area contributed by atoms with E-state index in [1.54, 1.807) is 0 Å². The minimum Gasteiger partial charge on any atom is -0.508 e. The van der Waals surface area contributed by atoms with Crippen molar-refractivity contribution in [3.05, 3.63) is 35.9 Å². The van der Waals surface area contributed by atoms with Gasteiger partial charge in [0, 0.05) is 37.8 Å². The average molecular weight is 403 g/mol. The molecule has 0 spiro atoms. The summed E-state index contributed by atoms with van der Waals surface area (Å²) in [6, 6.07) is 3.39. The molecule has 1 aliphatic heterocycles. The van der Waals surface area contributed by atoms with E-state index in [-0.39, 0.29) is 42.4 Å². The SMILES string of the molecule is C=C(C)C[C@H](c1cc(OC(F)(F)F)ccc1O)N1CCNCC1.Cl.Cl. The first-order chi connectivity index (χ1) is 10.8. The lowest BCUT2D eigenvalue weighted by Gasteiger charge is -2.35. The molecule has 1 heterocycles. The number of ether oxygens (including phenoxy) is 1. The third-order valence-electron chi connectivity index (χ3n) is 3.73. The van der Waals surface area contributed by atoms with Crippen LogP contribution in [-0.2, 0) is 0 Å². The van der Waals surface area contributed by atoms with Gasteiger partial charge in [0.1, 0.15) is 11.5 Å². The van der Waals surface area contributed by atoms with E-state index in [2.05, 4.69) is 21.5 Å². The molecule has 0 aromatic heterocycles. The predicted octanol–water partition coefficient (Wildman–Crippen LogP) is 4.05. The van der Waals surface area contributed by atoms with Gasteiger partial charge in [-0.3, -0.25) is 4.90 Å². The summed E-state index contributed by atoms with van der Waals surface area (Å²) in [5.41, 5.74) is 1.33. The van der Waals surface area contributed by atoms with E-state index in [0.29, 0.717) is 12.0 Å². The van der Waals surface area contributed by atoms with Crippen LogP contribution in [0.2, 0.25) is 0 Å². The zero-order chi connectivity index (χ0) is 17.0. The van der Waals surface area contributed by atoms with Gasteiger partial charge in [-0.15, -0.1) is 44.6 Å². The number of halogens is 5. The van der Waals surface area contributed by atoms with Gasteiger partial charge in [0.15, 0.2) is 0 Å². The van der Waals surface area contributed by atoms with Crippen molar-refractivity contribution in [3.8, 4) is 11.5 Å². The number of nitrogens with one attached hydrogen (secondary N) is 1. The summed E-state index contributed by atoms with van der Waals surface area (Å²) in [7, 11) is 0. The third kappa shape index (κ3) is 7.32. The topological polar surface area (TPSA) is 44.7 Å². The Balaban J connectivity index is 0.00000288. The molecule has 0 unspecified atom stereocenters. The molecule has 2 N–H and O–H groups in total. The van der Waals surface area contributed by atoms with E-state index in [1.165, 1.54) is 12.1 Å². The van der Waals surface area contributed by atoms with Crippen LogP contribution in [0.3, 0.4) is 0 Å². The van der Waals surface area contributed by atoms with Gasteiger partial charge in [-0.05, 0) is 31.5 Å². The van der Waals surface area contributed by atoms with Crippen molar-refractivity contribution in [2.24, 2.45) is 0 Å². The van der Waals surface area contributed by atoms with Crippen LogP contribution in [0.5, 0.6) is 11.5 Å². The van der Waals surface area contributed by atoms with Crippen molar-refractivity contribution in [3.63, 3.8) is 0 Å². The molecule has 2 rings (SSSR count). The number of phenols is 1. The quantitative estimate of drug-likeness (QED) is 0.729. The zero-order valence-corrected chi connectivity index (χ0v) is 15.4. The van der Waals surface area contributed by atoms with Crippen molar-refractivity contribution in [2.45, 2.75) is 25.7 Å². The Kier molecular flexibility index (Phi) is 9.64. The minimum atomic E-state index is -4.76. The van der Waals surface area contributed by atoms with Gasteiger partial charge in [0.2, 0.25) is 0 Å². The number of aromatic hydroxyl groups is 1. The van der Waals surface area contributed by atoms with Crippen molar-refractivity contribution in [1.29, 1.82) is 0 Å². The highest BCUT2D eigenvalue weighted by molar-refractivity contribution is 5.85. The Morgan fingerprint density at radius 2 is 1.92 bits per heavy atom. The van der Waals surface area contributed by atoms with Gasteiger partial charge in [-0.2, -0.15) is 0 Å². The van der Waals surface area contributed by atoms with E-state index in [9.17, 15) is 18.3 Å². The molecule has 1 aliphatic rings. The fourth-order valence-electron chi connectivity index (χ4n) is 2.76. The van der Waals surface area contributed by atoms with Crippen molar-refractivity contribution < 1.29 is 23.0 Å². The number of hydrogen-bond donors (Lipinski definition) is 2. The number of piperazine rings is 1. The fraction of sp³-hybridized carbons (Fsp3) is 0.500. The van der Waals surface area contributed by atoms with Crippen LogP contribution in [-0.4, -0.2) is 42.5 Å². The number of benzene rings is 1. The van der Waals surface area contributed by atoms with E-state index in [1.807, 2.05) is 6.92 Å². The fourth-order valence-corrected chi connectivity index (χ4v) is 2.76. The Morgan fingerprint density at radius 1 is 1.32 bits per heavy atom. The van der Waals surface area contributed by atoms with E-state index in [4.69, 9.17) is 0 Å². The molecular formula is C16H23Cl2F3N2O2. The smallest absolute Gasteiger partial charge is 0.508 e. The lowest BCUT2D eigenvalue weighted by molar-refractivity contribution is -0.274. The van der Waals surface area contributed by atoms with Crippen molar-refractivity contribution >= 4 is 24.8 Å². The second kappa shape index (κ2) is 10.1. The number of alkyl halides is 3. The predicted molar refractivity (Wildman–Crippen MR) is 95.9 cm³/mol. The Hall–Kier alpha value is -1.15. The molecule has 0 aliphatic carbocycles. The summed E-state index contributed by atoms with van der Waals surface area (Å²) in [5.74, 6) is -0.364. The van der Waals surface area contributed by atoms with Gasteiger partial charge in [-0.25, -0.2) is 0 Å². The highest BCUT2D eigenvalue weighted by atomic mass is 35.5. The van der Waals surface area contributed by atoms with Crippen molar-refractivity contribution in [2.75, 3.05) is 26.2 Å². The maximum absolute atomic E-state index is 12.4. The van der Waals surface area contributed by atoms with Crippen LogP contribution in [0, 0.1) is 0 Å². The van der Waals surface area contributed by atoms with Crippen LogP contribution in [0.4, 0.5) is 13.2 Å². The molecule has 1 atom stereocenters. The standard InChI is InChI=1S/C16H21F3N2O2.2ClH/c1-11(2)9-14(21-7-5-20-6-8-21)13-10-12(3-4-15(13)22)23-16(17,18)19;;/h3-4,10,14,20,22H,1,5-9H2,2H3;2*1H/t14-;;/m1../s1. The second-order valence-corrected chi connectivity index (χ2v) is 5.73. The highest BCUT2D eigenvalue weighted by Crippen LogP contribution is 2.36. The van der Waals surface area contributed by atoms with Crippen LogP contribution in [0.15, 0.2) is 30.4 Å². The third-order valence-corrected chi connectivity index (χ3v) is 3.73. The molecule has 144 valence electrons. The summed E-state index contributed by atoms with van der Waals surface area (Å²) < 4.78 is 41.2. The lowest BCUT2D eigenvalue weighted by atomic mass is 9.97. The summed E-state index contributed by atoms with van der Waals surface area (Å²) in [4.78, 5) is 2.14. The minimum absolute atomic E-state index is 0. The van der Waals surface area contributed by atoms with Crippen LogP contribution < -0.4 is 10.1 Å². The molecule has 0 saturated carbocycles. The van der Waals surface area contributed by atoms with E-state index < -0.39 is 6.36 Å². The second-order valence-electron chi connectivity index (χ2n) is 5.73.